The number of rotatable bonds is 2. The van der Waals surface area contributed by atoms with Crippen LogP contribution in [-0.4, -0.2) is 16.9 Å². The summed E-state index contributed by atoms with van der Waals surface area (Å²) >= 11 is 0. The Morgan fingerprint density at radius 3 is 2.67 bits per heavy atom. The normalized spacial score (nSPS) is 11.3. The zero-order valence-corrected chi connectivity index (χ0v) is 13.7. The molecule has 2 aromatic rings. The summed E-state index contributed by atoms with van der Waals surface area (Å²) in [7, 11) is 1.58. The van der Waals surface area contributed by atoms with Crippen LogP contribution in [0.15, 0.2) is 51.7 Å². The fourth-order valence-corrected chi connectivity index (χ4v) is 2.80. The van der Waals surface area contributed by atoms with Gasteiger partial charge in [-0.2, -0.15) is 4.68 Å². The van der Waals surface area contributed by atoms with Gasteiger partial charge in [0, 0.05) is 5.39 Å². The highest BCUT2D eigenvalue weighted by Gasteiger charge is 2.20. The third-order valence-corrected chi connectivity index (χ3v) is 4.31. The second-order valence-electron chi connectivity index (χ2n) is 5.83. The number of para-hydroxylation sites is 1. The van der Waals surface area contributed by atoms with E-state index in [4.69, 9.17) is 9.15 Å². The first-order valence-electron chi connectivity index (χ1n) is 7.65. The number of fused-ring (bicyclic) bond motifs is 2. The molecular weight excluding hydrogens is 304 g/mol. The molecule has 5 heteroatoms. The van der Waals surface area contributed by atoms with E-state index >= 15 is 0 Å². The molecule has 0 atom stereocenters. The van der Waals surface area contributed by atoms with Gasteiger partial charge in [0.15, 0.2) is 11.3 Å². The lowest BCUT2D eigenvalue weighted by atomic mass is 10.1. The van der Waals surface area contributed by atoms with Gasteiger partial charge in [0.25, 0.3) is 5.56 Å². The number of benzene rings is 2. The van der Waals surface area contributed by atoms with Crippen molar-refractivity contribution in [3.05, 3.63) is 63.9 Å². The highest BCUT2D eigenvalue weighted by molar-refractivity contribution is 5.86. The fraction of sp³-hybridized carbons (Fsp3) is 0.158. The molecule has 0 N–H and O–H groups in total. The Morgan fingerprint density at radius 1 is 1.08 bits per heavy atom. The number of ether oxygens (including phenoxy) is 1. The van der Waals surface area contributed by atoms with E-state index in [0.29, 0.717) is 22.8 Å². The van der Waals surface area contributed by atoms with E-state index in [-0.39, 0.29) is 5.56 Å². The van der Waals surface area contributed by atoms with Crippen LogP contribution in [-0.2, 0) is 0 Å². The van der Waals surface area contributed by atoms with Gasteiger partial charge in [0.2, 0.25) is 5.89 Å². The Morgan fingerprint density at radius 2 is 1.92 bits per heavy atom. The van der Waals surface area contributed by atoms with Gasteiger partial charge < -0.3 is 9.15 Å². The quantitative estimate of drug-likeness (QED) is 0.565. The standard InChI is InChI=1S/C19H16N2O3/c1-11-7-8-14(9-12(11)2)21-19(22)15-10-13-5-4-6-16(23-3)17(13)24-18(15)20-21/h4-10H,1-3H3. The first kappa shape index (κ1) is 14.5. The first-order valence-corrected chi connectivity index (χ1v) is 7.65. The number of hydrogen-bond acceptors (Lipinski definition) is 4. The summed E-state index contributed by atoms with van der Waals surface area (Å²) in [5.41, 5.74) is 3.84. The van der Waals surface area contributed by atoms with Crippen LogP contribution in [0.3, 0.4) is 0 Å². The highest BCUT2D eigenvalue weighted by atomic mass is 16.5. The Bertz CT molecular complexity index is 1090. The maximum Gasteiger partial charge on any atom is 0.284 e. The largest absolute Gasteiger partial charge is 0.493 e. The predicted octanol–water partition coefficient (Wildman–Crippen LogP) is 3.71. The van der Waals surface area contributed by atoms with Crippen molar-refractivity contribution in [3.8, 4) is 22.9 Å². The summed E-state index contributed by atoms with van der Waals surface area (Å²) in [4.78, 5) is 12.7. The van der Waals surface area contributed by atoms with Gasteiger partial charge in [-0.25, -0.2) is 0 Å². The first-order chi connectivity index (χ1) is 11.6. The van der Waals surface area contributed by atoms with E-state index in [0.717, 1.165) is 16.6 Å². The third kappa shape index (κ3) is 2.09. The van der Waals surface area contributed by atoms with E-state index in [2.05, 4.69) is 5.10 Å². The predicted molar refractivity (Wildman–Crippen MR) is 92.3 cm³/mol. The van der Waals surface area contributed by atoms with Crippen LogP contribution in [0, 0.1) is 13.8 Å². The molecule has 2 aliphatic rings. The zero-order valence-electron chi connectivity index (χ0n) is 13.7. The number of aryl methyl sites for hydroxylation is 2. The minimum atomic E-state index is -0.193. The average Bonchev–Trinajstić information content (AvgIpc) is 2.91. The summed E-state index contributed by atoms with van der Waals surface area (Å²) < 4.78 is 12.5. The van der Waals surface area contributed by atoms with Crippen LogP contribution in [0.4, 0.5) is 0 Å². The van der Waals surface area contributed by atoms with Crippen molar-refractivity contribution in [2.75, 3.05) is 7.11 Å². The molecule has 4 rings (SSSR count). The van der Waals surface area contributed by atoms with Crippen molar-refractivity contribution in [2.45, 2.75) is 13.8 Å². The van der Waals surface area contributed by atoms with E-state index in [1.54, 1.807) is 13.2 Å². The Hall–Kier alpha value is -3.08. The summed E-state index contributed by atoms with van der Waals surface area (Å²) in [6, 6.07) is 13.2. The van der Waals surface area contributed by atoms with Gasteiger partial charge in [-0.05, 0) is 49.2 Å². The van der Waals surface area contributed by atoms with Crippen LogP contribution in [0.25, 0.3) is 28.1 Å². The molecule has 2 heterocycles. The number of hydrogen-bond donors (Lipinski definition) is 0. The lowest BCUT2D eigenvalue weighted by Gasteiger charge is -2.05. The van der Waals surface area contributed by atoms with Gasteiger partial charge >= 0.3 is 0 Å². The average molecular weight is 320 g/mol. The second-order valence-corrected chi connectivity index (χ2v) is 5.83. The topological polar surface area (TPSA) is 57.3 Å². The Balaban J connectivity index is 2.00. The lowest BCUT2D eigenvalue weighted by Crippen LogP contribution is -2.14. The van der Waals surface area contributed by atoms with Crippen LogP contribution in [0.2, 0.25) is 0 Å². The van der Waals surface area contributed by atoms with Crippen molar-refractivity contribution >= 4 is 11.0 Å². The molecule has 0 spiro atoms. The molecule has 0 amide bonds. The minimum absolute atomic E-state index is 0.193. The van der Waals surface area contributed by atoms with E-state index in [9.17, 15) is 4.79 Å². The van der Waals surface area contributed by atoms with Crippen LogP contribution < -0.4 is 10.3 Å². The monoisotopic (exact) mass is 320 g/mol. The summed E-state index contributed by atoms with van der Waals surface area (Å²) in [5, 5.41) is 5.17. The molecule has 5 nitrogen and oxygen atoms in total. The number of methoxy groups -OCH3 is 1. The molecule has 0 radical (unpaired) electrons. The summed E-state index contributed by atoms with van der Waals surface area (Å²) in [5.74, 6) is 0.915. The number of nitrogens with zero attached hydrogens (tertiary/aromatic N) is 2. The molecular formula is C19H16N2O3. The molecule has 0 saturated heterocycles. The lowest BCUT2D eigenvalue weighted by molar-refractivity contribution is 0.409. The molecule has 0 aromatic heterocycles. The minimum Gasteiger partial charge on any atom is -0.493 e. The highest BCUT2D eigenvalue weighted by Crippen LogP contribution is 2.31. The van der Waals surface area contributed by atoms with E-state index < -0.39 is 0 Å². The molecule has 0 bridgehead atoms. The molecule has 2 aliphatic heterocycles. The number of aromatic nitrogens is 2. The second kappa shape index (κ2) is 5.23. The fourth-order valence-electron chi connectivity index (χ4n) is 2.80. The van der Waals surface area contributed by atoms with E-state index in [1.807, 2.05) is 50.2 Å². The Kier molecular flexibility index (Phi) is 3.16. The molecule has 24 heavy (non-hydrogen) atoms. The SMILES string of the molecule is COc1cccc2cc3c(=O)n(-c4ccc(C)c(C)c4)nc-3oc12. The van der Waals surface area contributed by atoms with Gasteiger partial charge in [-0.1, -0.05) is 18.2 Å². The smallest absolute Gasteiger partial charge is 0.284 e. The maximum absolute atomic E-state index is 12.7. The van der Waals surface area contributed by atoms with Crippen LogP contribution in [0.1, 0.15) is 11.1 Å². The third-order valence-electron chi connectivity index (χ3n) is 4.31. The molecule has 0 aliphatic carbocycles. The van der Waals surface area contributed by atoms with Crippen molar-refractivity contribution in [1.82, 2.24) is 9.78 Å². The van der Waals surface area contributed by atoms with Gasteiger partial charge in [0.1, 0.15) is 5.56 Å². The molecule has 0 saturated carbocycles. The van der Waals surface area contributed by atoms with Crippen LogP contribution >= 0.6 is 0 Å². The van der Waals surface area contributed by atoms with Crippen molar-refractivity contribution in [3.63, 3.8) is 0 Å². The molecule has 2 aromatic carbocycles. The molecule has 120 valence electrons. The van der Waals surface area contributed by atoms with Gasteiger partial charge in [-0.15, -0.1) is 5.10 Å². The molecule has 0 unspecified atom stereocenters. The van der Waals surface area contributed by atoms with Gasteiger partial charge in [-0.3, -0.25) is 4.79 Å². The maximum atomic E-state index is 12.7. The van der Waals surface area contributed by atoms with Crippen molar-refractivity contribution in [1.29, 1.82) is 0 Å². The van der Waals surface area contributed by atoms with Crippen LogP contribution in [0.5, 0.6) is 5.75 Å². The van der Waals surface area contributed by atoms with Gasteiger partial charge in [0.05, 0.1) is 12.8 Å². The van der Waals surface area contributed by atoms with E-state index in [1.165, 1.54) is 10.2 Å². The van der Waals surface area contributed by atoms with Crippen molar-refractivity contribution in [2.24, 2.45) is 0 Å². The van der Waals surface area contributed by atoms with Crippen molar-refractivity contribution < 1.29 is 9.15 Å². The summed E-state index contributed by atoms with van der Waals surface area (Å²) in [6.45, 7) is 4.04. The summed E-state index contributed by atoms with van der Waals surface area (Å²) in [6.07, 6.45) is 0. The molecule has 0 fully saturated rings. The zero-order chi connectivity index (χ0) is 16.8. The Labute approximate surface area is 138 Å².